The van der Waals surface area contributed by atoms with Gasteiger partial charge in [-0.1, -0.05) is 0 Å². The molecule has 1 saturated heterocycles. The highest BCUT2D eigenvalue weighted by Gasteiger charge is 2.24. The maximum Gasteiger partial charge on any atom is 0.242 e. The summed E-state index contributed by atoms with van der Waals surface area (Å²) in [6.07, 6.45) is 1.53. The number of anilines is 2. The number of nitrogens with zero attached hydrogens (tertiary/aromatic N) is 3. The van der Waals surface area contributed by atoms with Gasteiger partial charge >= 0.3 is 0 Å². The molecule has 1 aromatic rings. The first-order valence-corrected chi connectivity index (χ1v) is 6.21. The van der Waals surface area contributed by atoms with Crippen molar-refractivity contribution < 1.29 is 9.47 Å². The van der Waals surface area contributed by atoms with Crippen molar-refractivity contribution in [2.45, 2.75) is 32.9 Å². The molecule has 0 aromatic carbocycles. The molecule has 1 aromatic heterocycles. The number of hydrogen-bond acceptors (Lipinski definition) is 6. The lowest BCUT2D eigenvalue weighted by molar-refractivity contribution is 0.0985. The minimum atomic E-state index is 0.0390. The molecule has 0 aliphatic carbocycles. The summed E-state index contributed by atoms with van der Waals surface area (Å²) in [6, 6.07) is 0.253. The maximum absolute atomic E-state index is 6.09. The topological polar surface area (TPSA) is 73.5 Å². The van der Waals surface area contributed by atoms with Gasteiger partial charge in [0.05, 0.1) is 25.4 Å². The predicted octanol–water partition coefficient (Wildman–Crippen LogP) is 1.07. The van der Waals surface area contributed by atoms with E-state index in [4.69, 9.17) is 15.2 Å². The molecule has 1 fully saturated rings. The standard InChI is InChI=1S/C12H20N4O2/c1-8(2)18-12-10(13)11(14-7-15-12)16-4-5-17-6-9(16)3/h7-9H,4-6,13H2,1-3H3. The van der Waals surface area contributed by atoms with Crippen molar-refractivity contribution >= 4 is 11.5 Å². The second-order valence-corrected chi connectivity index (χ2v) is 4.70. The lowest BCUT2D eigenvalue weighted by Crippen LogP contribution is -2.44. The molecule has 0 radical (unpaired) electrons. The Morgan fingerprint density at radius 2 is 2.28 bits per heavy atom. The first-order valence-electron chi connectivity index (χ1n) is 6.21. The van der Waals surface area contributed by atoms with E-state index < -0.39 is 0 Å². The third-order valence-electron chi connectivity index (χ3n) is 2.81. The van der Waals surface area contributed by atoms with Crippen LogP contribution in [-0.2, 0) is 4.74 Å². The van der Waals surface area contributed by atoms with Crippen LogP contribution in [0.1, 0.15) is 20.8 Å². The van der Waals surface area contributed by atoms with Crippen molar-refractivity contribution in [3.63, 3.8) is 0 Å². The van der Waals surface area contributed by atoms with E-state index >= 15 is 0 Å². The van der Waals surface area contributed by atoms with Gasteiger partial charge in [0, 0.05) is 6.54 Å². The molecule has 0 bridgehead atoms. The summed E-state index contributed by atoms with van der Waals surface area (Å²) in [5, 5.41) is 0. The van der Waals surface area contributed by atoms with Gasteiger partial charge in [-0.2, -0.15) is 4.98 Å². The zero-order valence-corrected chi connectivity index (χ0v) is 11.1. The fraction of sp³-hybridized carbons (Fsp3) is 0.667. The summed E-state index contributed by atoms with van der Waals surface area (Å²) >= 11 is 0. The van der Waals surface area contributed by atoms with Crippen LogP contribution in [0.3, 0.4) is 0 Å². The van der Waals surface area contributed by atoms with E-state index in [1.807, 2.05) is 13.8 Å². The Labute approximate surface area is 107 Å². The monoisotopic (exact) mass is 252 g/mol. The molecule has 1 aliphatic rings. The Morgan fingerprint density at radius 1 is 1.50 bits per heavy atom. The molecule has 1 atom stereocenters. The molecule has 6 nitrogen and oxygen atoms in total. The summed E-state index contributed by atoms with van der Waals surface area (Å²) in [7, 11) is 0. The number of morpholine rings is 1. The highest BCUT2D eigenvalue weighted by atomic mass is 16.5. The normalized spacial score (nSPS) is 20.2. The van der Waals surface area contributed by atoms with E-state index in [0.29, 0.717) is 24.8 Å². The first-order chi connectivity index (χ1) is 8.59. The molecule has 1 aliphatic heterocycles. The van der Waals surface area contributed by atoms with Crippen LogP contribution in [-0.4, -0.2) is 41.9 Å². The zero-order chi connectivity index (χ0) is 13.1. The minimum Gasteiger partial charge on any atom is -0.473 e. The number of ether oxygens (including phenoxy) is 2. The van der Waals surface area contributed by atoms with Crippen LogP contribution in [0.15, 0.2) is 6.33 Å². The number of nitrogens with two attached hydrogens (primary N) is 1. The Bertz CT molecular complexity index is 411. The van der Waals surface area contributed by atoms with E-state index in [1.54, 1.807) is 0 Å². The Hall–Kier alpha value is -1.56. The minimum absolute atomic E-state index is 0.0390. The quantitative estimate of drug-likeness (QED) is 0.867. The molecule has 2 N–H and O–H groups in total. The zero-order valence-electron chi connectivity index (χ0n) is 11.1. The van der Waals surface area contributed by atoms with Crippen molar-refractivity contribution in [1.29, 1.82) is 0 Å². The average Bonchev–Trinajstić information content (AvgIpc) is 2.32. The summed E-state index contributed by atoms with van der Waals surface area (Å²) in [5.41, 5.74) is 6.59. The van der Waals surface area contributed by atoms with Crippen LogP contribution in [0.4, 0.5) is 11.5 Å². The molecule has 2 heterocycles. The lowest BCUT2D eigenvalue weighted by Gasteiger charge is -2.34. The maximum atomic E-state index is 6.09. The Kier molecular flexibility index (Phi) is 3.86. The second-order valence-electron chi connectivity index (χ2n) is 4.70. The lowest BCUT2D eigenvalue weighted by atomic mass is 10.2. The van der Waals surface area contributed by atoms with Gasteiger partial charge in [0.25, 0.3) is 0 Å². The predicted molar refractivity (Wildman–Crippen MR) is 69.8 cm³/mol. The van der Waals surface area contributed by atoms with Crippen molar-refractivity contribution in [1.82, 2.24) is 9.97 Å². The Balaban J connectivity index is 2.27. The molecule has 6 heteroatoms. The molecular formula is C12H20N4O2. The van der Waals surface area contributed by atoms with Gasteiger partial charge < -0.3 is 20.1 Å². The number of nitrogen functional groups attached to an aromatic ring is 1. The van der Waals surface area contributed by atoms with Gasteiger partial charge in [-0.05, 0) is 20.8 Å². The molecule has 2 rings (SSSR count). The fourth-order valence-electron chi connectivity index (χ4n) is 1.96. The van der Waals surface area contributed by atoms with E-state index in [2.05, 4.69) is 21.8 Å². The van der Waals surface area contributed by atoms with Crippen molar-refractivity contribution in [3.8, 4) is 5.88 Å². The molecule has 18 heavy (non-hydrogen) atoms. The van der Waals surface area contributed by atoms with Crippen LogP contribution in [0, 0.1) is 0 Å². The van der Waals surface area contributed by atoms with Crippen molar-refractivity contribution in [3.05, 3.63) is 6.33 Å². The highest BCUT2D eigenvalue weighted by Crippen LogP contribution is 2.30. The van der Waals surface area contributed by atoms with Gasteiger partial charge in [-0.15, -0.1) is 0 Å². The molecular weight excluding hydrogens is 232 g/mol. The summed E-state index contributed by atoms with van der Waals surface area (Å²) < 4.78 is 11.0. The van der Waals surface area contributed by atoms with E-state index in [-0.39, 0.29) is 12.1 Å². The molecule has 0 amide bonds. The fourth-order valence-corrected chi connectivity index (χ4v) is 1.96. The van der Waals surface area contributed by atoms with E-state index in [1.165, 1.54) is 6.33 Å². The largest absolute Gasteiger partial charge is 0.473 e. The Morgan fingerprint density at radius 3 is 2.94 bits per heavy atom. The summed E-state index contributed by atoms with van der Waals surface area (Å²) in [5.74, 6) is 1.19. The van der Waals surface area contributed by atoms with Gasteiger partial charge in [0.1, 0.15) is 12.0 Å². The van der Waals surface area contributed by atoms with Gasteiger partial charge in [-0.25, -0.2) is 4.98 Å². The summed E-state index contributed by atoms with van der Waals surface area (Å²) in [6.45, 7) is 8.13. The van der Waals surface area contributed by atoms with Gasteiger partial charge in [0.2, 0.25) is 5.88 Å². The number of rotatable bonds is 3. The highest BCUT2D eigenvalue weighted by molar-refractivity contribution is 5.68. The van der Waals surface area contributed by atoms with Gasteiger partial charge in [-0.3, -0.25) is 0 Å². The molecule has 1 unspecified atom stereocenters. The molecule has 0 saturated carbocycles. The van der Waals surface area contributed by atoms with E-state index in [0.717, 1.165) is 12.4 Å². The van der Waals surface area contributed by atoms with Crippen molar-refractivity contribution in [2.24, 2.45) is 0 Å². The molecule has 100 valence electrons. The van der Waals surface area contributed by atoms with Crippen LogP contribution >= 0.6 is 0 Å². The number of hydrogen-bond donors (Lipinski definition) is 1. The first kappa shape index (κ1) is 12.9. The SMILES string of the molecule is CC(C)Oc1ncnc(N2CCOCC2C)c1N. The second kappa shape index (κ2) is 5.39. The van der Waals surface area contributed by atoms with Crippen LogP contribution < -0.4 is 15.4 Å². The van der Waals surface area contributed by atoms with Crippen LogP contribution in [0.25, 0.3) is 0 Å². The van der Waals surface area contributed by atoms with Gasteiger partial charge in [0.15, 0.2) is 5.82 Å². The molecule has 0 spiro atoms. The van der Waals surface area contributed by atoms with Crippen LogP contribution in [0.2, 0.25) is 0 Å². The third-order valence-corrected chi connectivity index (χ3v) is 2.81. The average molecular weight is 252 g/mol. The smallest absolute Gasteiger partial charge is 0.242 e. The van der Waals surface area contributed by atoms with E-state index in [9.17, 15) is 0 Å². The number of aromatic nitrogens is 2. The third kappa shape index (κ3) is 2.64. The van der Waals surface area contributed by atoms with Crippen LogP contribution in [0.5, 0.6) is 5.88 Å². The summed E-state index contributed by atoms with van der Waals surface area (Å²) in [4.78, 5) is 10.5. The van der Waals surface area contributed by atoms with Crippen molar-refractivity contribution in [2.75, 3.05) is 30.4 Å².